The summed E-state index contributed by atoms with van der Waals surface area (Å²) in [6.45, 7) is 8.31. The van der Waals surface area contributed by atoms with Crippen LogP contribution < -0.4 is 5.32 Å². The first-order valence-corrected chi connectivity index (χ1v) is 8.47. The van der Waals surface area contributed by atoms with Crippen molar-refractivity contribution in [3.05, 3.63) is 35.4 Å². The van der Waals surface area contributed by atoms with Crippen LogP contribution in [0.1, 0.15) is 45.2 Å². The van der Waals surface area contributed by atoms with Crippen LogP contribution in [0.3, 0.4) is 0 Å². The van der Waals surface area contributed by atoms with Crippen LogP contribution in [0.5, 0.6) is 0 Å². The van der Waals surface area contributed by atoms with E-state index in [1.807, 2.05) is 19.1 Å². The highest BCUT2D eigenvalue weighted by atomic mass is 32.2. The molecule has 6 nitrogen and oxygen atoms in total. The highest BCUT2D eigenvalue weighted by Gasteiger charge is 2.32. The molecule has 1 aliphatic rings. The molecule has 1 amide bonds. The lowest BCUT2D eigenvalue weighted by atomic mass is 9.86. The van der Waals surface area contributed by atoms with Gasteiger partial charge in [-0.05, 0) is 23.5 Å². The molecule has 0 aliphatic carbocycles. The maximum Gasteiger partial charge on any atom is 0.305 e. The van der Waals surface area contributed by atoms with Gasteiger partial charge in [0.2, 0.25) is 5.91 Å². The lowest BCUT2D eigenvalue weighted by Crippen LogP contribution is -2.26. The highest BCUT2D eigenvalue weighted by Crippen LogP contribution is 2.23. The molecule has 1 fully saturated rings. The van der Waals surface area contributed by atoms with E-state index in [-0.39, 0.29) is 17.7 Å². The van der Waals surface area contributed by atoms with Gasteiger partial charge in [-0.15, -0.1) is 5.10 Å². The zero-order chi connectivity index (χ0) is 17.9. The first-order chi connectivity index (χ1) is 11.2. The van der Waals surface area contributed by atoms with E-state index in [0.717, 1.165) is 23.0 Å². The van der Waals surface area contributed by atoms with Gasteiger partial charge in [-0.25, -0.2) is 0 Å². The molecule has 1 aromatic carbocycles. The van der Waals surface area contributed by atoms with Gasteiger partial charge >= 0.3 is 5.97 Å². The Bertz CT molecular complexity index is 703. The van der Waals surface area contributed by atoms with Crippen molar-refractivity contribution in [1.29, 1.82) is 0 Å². The largest absolute Gasteiger partial charge is 0.481 e. The fourth-order valence-electron chi connectivity index (χ4n) is 2.13. The Balaban J connectivity index is 2.09. The summed E-state index contributed by atoms with van der Waals surface area (Å²) in [7, 11) is 0. The third kappa shape index (κ3) is 4.67. The summed E-state index contributed by atoms with van der Waals surface area (Å²) in [5.41, 5.74) is 3.00. The van der Waals surface area contributed by atoms with Gasteiger partial charge in [0.15, 0.2) is 5.17 Å². The van der Waals surface area contributed by atoms with E-state index in [1.165, 1.54) is 5.56 Å². The zero-order valence-corrected chi connectivity index (χ0v) is 15.0. The predicted octanol–water partition coefficient (Wildman–Crippen LogP) is 2.77. The van der Waals surface area contributed by atoms with Crippen molar-refractivity contribution < 1.29 is 14.7 Å². The van der Waals surface area contributed by atoms with Gasteiger partial charge in [0.25, 0.3) is 0 Å². The number of rotatable bonds is 4. The summed E-state index contributed by atoms with van der Waals surface area (Å²) in [6, 6.07) is 8.12. The van der Waals surface area contributed by atoms with Crippen LogP contribution in [0, 0.1) is 0 Å². The number of amides is 1. The van der Waals surface area contributed by atoms with E-state index in [4.69, 9.17) is 5.11 Å². The third-order valence-electron chi connectivity index (χ3n) is 3.60. The molecule has 128 valence electrons. The second kappa shape index (κ2) is 7.17. The molecule has 0 radical (unpaired) electrons. The molecule has 2 N–H and O–H groups in total. The predicted molar refractivity (Wildman–Crippen MR) is 96.6 cm³/mol. The number of benzene rings is 1. The lowest BCUT2D eigenvalue weighted by molar-refractivity contribution is -0.138. The van der Waals surface area contributed by atoms with Crippen LogP contribution in [-0.2, 0) is 15.0 Å². The standard InChI is InChI=1S/C17H21N3O3S/c1-10(11-5-7-12(8-6-11)17(2,3)4)19-20-16-18-15(23)13(24-16)9-14(21)22/h5-8,13H,9H2,1-4H3,(H,21,22)(H,18,20,23)/b19-10+. The average molecular weight is 347 g/mol. The summed E-state index contributed by atoms with van der Waals surface area (Å²) in [4.78, 5) is 22.3. The number of amidine groups is 1. The van der Waals surface area contributed by atoms with E-state index in [1.54, 1.807) is 0 Å². The Kier molecular flexibility index (Phi) is 5.43. The summed E-state index contributed by atoms with van der Waals surface area (Å²) < 4.78 is 0. The van der Waals surface area contributed by atoms with Crippen LogP contribution in [0.25, 0.3) is 0 Å². The second-order valence-electron chi connectivity index (χ2n) is 6.61. The molecule has 7 heteroatoms. The van der Waals surface area contributed by atoms with Crippen molar-refractivity contribution in [3.8, 4) is 0 Å². The molecule has 1 aliphatic heterocycles. The monoisotopic (exact) mass is 347 g/mol. The summed E-state index contributed by atoms with van der Waals surface area (Å²) in [5, 5.41) is 19.2. The number of hydrogen-bond donors (Lipinski definition) is 2. The lowest BCUT2D eigenvalue weighted by Gasteiger charge is -2.19. The molecule has 2 rings (SSSR count). The molecule has 1 atom stereocenters. The Labute approximate surface area is 145 Å². The summed E-state index contributed by atoms with van der Waals surface area (Å²) in [5.74, 6) is -1.36. The number of carbonyl (C=O) groups is 2. The van der Waals surface area contributed by atoms with Gasteiger partial charge in [0, 0.05) is 0 Å². The van der Waals surface area contributed by atoms with Crippen LogP contribution in [-0.4, -0.2) is 33.1 Å². The minimum absolute atomic E-state index is 0.0910. The fourth-order valence-corrected chi connectivity index (χ4v) is 3.04. The number of carboxylic acid groups (broad SMARTS) is 1. The van der Waals surface area contributed by atoms with E-state index in [9.17, 15) is 9.59 Å². The number of nitrogens with zero attached hydrogens (tertiary/aromatic N) is 2. The molecule has 0 bridgehead atoms. The second-order valence-corrected chi connectivity index (χ2v) is 7.80. The van der Waals surface area contributed by atoms with Gasteiger partial charge in [0.1, 0.15) is 5.25 Å². The van der Waals surface area contributed by atoms with Crippen molar-refractivity contribution >= 4 is 34.5 Å². The van der Waals surface area contributed by atoms with Crippen LogP contribution >= 0.6 is 11.8 Å². The number of thioether (sulfide) groups is 1. The van der Waals surface area contributed by atoms with Crippen LogP contribution in [0.15, 0.2) is 34.5 Å². The molecule has 1 heterocycles. The first kappa shape index (κ1) is 18.2. The van der Waals surface area contributed by atoms with E-state index in [0.29, 0.717) is 5.17 Å². The van der Waals surface area contributed by atoms with Crippen molar-refractivity contribution in [2.24, 2.45) is 10.2 Å². The summed E-state index contributed by atoms with van der Waals surface area (Å²) >= 11 is 1.09. The molecule has 24 heavy (non-hydrogen) atoms. The van der Waals surface area contributed by atoms with Crippen molar-refractivity contribution in [3.63, 3.8) is 0 Å². The number of aliphatic carboxylic acids is 1. The molecule has 1 aromatic rings. The maximum atomic E-state index is 11.6. The first-order valence-electron chi connectivity index (χ1n) is 7.59. The quantitative estimate of drug-likeness (QED) is 0.647. The molecular weight excluding hydrogens is 326 g/mol. The third-order valence-corrected chi connectivity index (χ3v) is 4.67. The van der Waals surface area contributed by atoms with Crippen LogP contribution in [0.4, 0.5) is 0 Å². The minimum Gasteiger partial charge on any atom is -0.481 e. The molecule has 1 unspecified atom stereocenters. The topological polar surface area (TPSA) is 91.1 Å². The normalized spacial score (nSPS) is 20.3. The average Bonchev–Trinajstić information content (AvgIpc) is 2.83. The highest BCUT2D eigenvalue weighted by molar-refractivity contribution is 8.15. The molecule has 0 aromatic heterocycles. The summed E-state index contributed by atoms with van der Waals surface area (Å²) in [6.07, 6.45) is -0.230. The van der Waals surface area contributed by atoms with E-state index in [2.05, 4.69) is 48.4 Å². The Hall–Kier alpha value is -2.15. The van der Waals surface area contributed by atoms with Crippen LogP contribution in [0.2, 0.25) is 0 Å². The number of hydrogen-bond acceptors (Lipinski definition) is 5. The zero-order valence-electron chi connectivity index (χ0n) is 14.2. The molecular formula is C17H21N3O3S. The SMILES string of the molecule is C/C(=N\N=C1/NC(=O)C(CC(=O)O)S1)c1ccc(C(C)(C)C)cc1. The van der Waals surface area contributed by atoms with Gasteiger partial charge in [-0.1, -0.05) is 56.8 Å². The van der Waals surface area contributed by atoms with E-state index < -0.39 is 11.2 Å². The Morgan fingerprint density at radius 1 is 1.29 bits per heavy atom. The molecule has 0 saturated carbocycles. The van der Waals surface area contributed by atoms with Crippen molar-refractivity contribution in [2.45, 2.75) is 44.8 Å². The number of carboxylic acids is 1. The van der Waals surface area contributed by atoms with Crippen molar-refractivity contribution in [2.75, 3.05) is 0 Å². The van der Waals surface area contributed by atoms with Crippen molar-refractivity contribution in [1.82, 2.24) is 5.32 Å². The van der Waals surface area contributed by atoms with Gasteiger partial charge in [-0.3, -0.25) is 9.59 Å². The van der Waals surface area contributed by atoms with E-state index >= 15 is 0 Å². The molecule has 1 saturated heterocycles. The molecule has 0 spiro atoms. The Morgan fingerprint density at radius 3 is 2.46 bits per heavy atom. The Morgan fingerprint density at radius 2 is 1.92 bits per heavy atom. The number of nitrogens with one attached hydrogen (secondary N) is 1. The number of carbonyl (C=O) groups excluding carboxylic acids is 1. The fraction of sp³-hybridized carbons (Fsp3) is 0.412. The maximum absolute atomic E-state index is 11.6. The van der Waals surface area contributed by atoms with Gasteiger partial charge in [0.05, 0.1) is 12.1 Å². The van der Waals surface area contributed by atoms with Gasteiger partial charge in [-0.2, -0.15) is 5.10 Å². The van der Waals surface area contributed by atoms with Gasteiger partial charge < -0.3 is 10.4 Å². The minimum atomic E-state index is -1.01. The smallest absolute Gasteiger partial charge is 0.305 e.